The molecule has 0 atom stereocenters. The normalized spacial score (nSPS) is 10.4. The molecule has 2 rings (SSSR count). The lowest BCUT2D eigenvalue weighted by Gasteiger charge is -2.11. The van der Waals surface area contributed by atoms with E-state index in [2.05, 4.69) is 17.2 Å². The minimum Gasteiger partial charge on any atom is -0.477 e. The van der Waals surface area contributed by atoms with Crippen molar-refractivity contribution in [2.45, 2.75) is 33.2 Å². The van der Waals surface area contributed by atoms with Gasteiger partial charge in [-0.15, -0.1) is 0 Å². The van der Waals surface area contributed by atoms with Gasteiger partial charge < -0.3 is 10.1 Å². The van der Waals surface area contributed by atoms with Gasteiger partial charge in [-0.25, -0.2) is 9.37 Å². The molecule has 23 heavy (non-hydrogen) atoms. The number of nitrogens with one attached hydrogen (secondary N) is 1. The molecule has 0 aliphatic heterocycles. The number of aryl methyl sites for hydroxylation is 1. The van der Waals surface area contributed by atoms with Crippen LogP contribution in [0.15, 0.2) is 36.5 Å². The third-order valence-electron chi connectivity index (χ3n) is 3.47. The number of amides is 1. The molecule has 1 aromatic heterocycles. The average Bonchev–Trinajstić information content (AvgIpc) is 2.56. The molecule has 0 radical (unpaired) electrons. The summed E-state index contributed by atoms with van der Waals surface area (Å²) in [5.74, 6) is -0.215. The Labute approximate surface area is 135 Å². The fraction of sp³-hybridized carbons (Fsp3) is 0.333. The first-order valence-corrected chi connectivity index (χ1v) is 7.73. The van der Waals surface area contributed by atoms with Crippen LogP contribution in [-0.4, -0.2) is 17.5 Å². The highest BCUT2D eigenvalue weighted by molar-refractivity contribution is 5.95. The monoisotopic (exact) mass is 316 g/mol. The lowest BCUT2D eigenvalue weighted by molar-refractivity contribution is 0.0949. The van der Waals surface area contributed by atoms with Crippen LogP contribution < -0.4 is 10.1 Å². The topological polar surface area (TPSA) is 51.2 Å². The molecule has 0 saturated heterocycles. The van der Waals surface area contributed by atoms with Gasteiger partial charge in [0.15, 0.2) is 0 Å². The zero-order chi connectivity index (χ0) is 16.7. The van der Waals surface area contributed by atoms with Gasteiger partial charge in [-0.1, -0.05) is 25.5 Å². The van der Waals surface area contributed by atoms with E-state index in [-0.39, 0.29) is 12.5 Å². The molecule has 0 fully saturated rings. The largest absolute Gasteiger partial charge is 0.477 e. The van der Waals surface area contributed by atoms with Crippen molar-refractivity contribution in [3.63, 3.8) is 0 Å². The molecule has 0 aliphatic carbocycles. The van der Waals surface area contributed by atoms with Crippen molar-refractivity contribution in [1.82, 2.24) is 10.3 Å². The zero-order valence-electron chi connectivity index (χ0n) is 13.4. The Bertz CT molecular complexity index is 674. The number of nitrogens with zero attached hydrogens (tertiary/aromatic N) is 1. The second-order valence-electron chi connectivity index (χ2n) is 5.31. The summed E-state index contributed by atoms with van der Waals surface area (Å²) in [4.78, 5) is 16.4. The van der Waals surface area contributed by atoms with Crippen molar-refractivity contribution in [1.29, 1.82) is 0 Å². The van der Waals surface area contributed by atoms with Gasteiger partial charge in [-0.05, 0) is 37.1 Å². The second kappa shape index (κ2) is 8.27. The van der Waals surface area contributed by atoms with Gasteiger partial charge in [0.1, 0.15) is 5.82 Å². The molecular formula is C18H21FN2O2. The fourth-order valence-electron chi connectivity index (χ4n) is 2.11. The number of carbonyl (C=O) groups excluding carboxylic acids is 1. The highest BCUT2D eigenvalue weighted by Gasteiger charge is 2.11. The van der Waals surface area contributed by atoms with Crippen LogP contribution in [0.2, 0.25) is 0 Å². The molecule has 2 aromatic rings. The number of ether oxygens (including phenoxy) is 1. The third-order valence-corrected chi connectivity index (χ3v) is 3.47. The van der Waals surface area contributed by atoms with E-state index in [9.17, 15) is 9.18 Å². The van der Waals surface area contributed by atoms with Gasteiger partial charge in [-0.3, -0.25) is 4.79 Å². The molecule has 0 saturated carbocycles. The summed E-state index contributed by atoms with van der Waals surface area (Å²) >= 11 is 0. The summed E-state index contributed by atoms with van der Waals surface area (Å²) in [7, 11) is 0. The summed E-state index contributed by atoms with van der Waals surface area (Å²) in [5, 5.41) is 2.79. The molecule has 1 aromatic carbocycles. The maximum Gasteiger partial charge on any atom is 0.251 e. The maximum absolute atomic E-state index is 13.3. The average molecular weight is 316 g/mol. The number of aromatic nitrogens is 1. The predicted molar refractivity (Wildman–Crippen MR) is 86.9 cm³/mol. The van der Waals surface area contributed by atoms with E-state index in [0.29, 0.717) is 18.1 Å². The molecule has 1 heterocycles. The molecule has 0 aliphatic rings. The summed E-state index contributed by atoms with van der Waals surface area (Å²) < 4.78 is 18.9. The number of benzene rings is 1. The standard InChI is InChI=1S/C18H21FN2O2/c1-3-4-10-23-18-14(6-5-9-20-18)12-21-17(22)16-11-15(19)8-7-13(16)2/h5-9,11H,3-4,10,12H2,1-2H3,(H,21,22). The van der Waals surface area contributed by atoms with Crippen LogP contribution in [0.5, 0.6) is 5.88 Å². The van der Waals surface area contributed by atoms with E-state index in [4.69, 9.17) is 4.74 Å². The van der Waals surface area contributed by atoms with Crippen LogP contribution in [0.3, 0.4) is 0 Å². The van der Waals surface area contributed by atoms with Gasteiger partial charge in [0.05, 0.1) is 6.61 Å². The molecule has 5 heteroatoms. The Morgan fingerprint density at radius 3 is 2.96 bits per heavy atom. The van der Waals surface area contributed by atoms with E-state index >= 15 is 0 Å². The fourth-order valence-corrected chi connectivity index (χ4v) is 2.11. The van der Waals surface area contributed by atoms with E-state index in [1.54, 1.807) is 25.3 Å². The van der Waals surface area contributed by atoms with E-state index in [1.807, 2.05) is 6.07 Å². The number of hydrogen-bond donors (Lipinski definition) is 1. The molecule has 1 amide bonds. The van der Waals surface area contributed by atoms with Crippen molar-refractivity contribution >= 4 is 5.91 Å². The van der Waals surface area contributed by atoms with Gasteiger partial charge in [0.2, 0.25) is 5.88 Å². The lowest BCUT2D eigenvalue weighted by Crippen LogP contribution is -2.24. The Morgan fingerprint density at radius 2 is 2.17 bits per heavy atom. The first-order valence-electron chi connectivity index (χ1n) is 7.73. The minimum absolute atomic E-state index is 0.282. The lowest BCUT2D eigenvalue weighted by atomic mass is 10.1. The van der Waals surface area contributed by atoms with E-state index in [0.717, 1.165) is 24.0 Å². The number of rotatable bonds is 7. The van der Waals surface area contributed by atoms with Crippen molar-refractivity contribution in [3.8, 4) is 5.88 Å². The molecule has 0 unspecified atom stereocenters. The molecular weight excluding hydrogens is 295 g/mol. The van der Waals surface area contributed by atoms with Crippen LogP contribution in [0.1, 0.15) is 41.3 Å². The molecule has 1 N–H and O–H groups in total. The number of pyridine rings is 1. The van der Waals surface area contributed by atoms with Gasteiger partial charge in [-0.2, -0.15) is 0 Å². The zero-order valence-corrected chi connectivity index (χ0v) is 13.4. The predicted octanol–water partition coefficient (Wildman–Crippen LogP) is 3.64. The smallest absolute Gasteiger partial charge is 0.251 e. The molecule has 0 spiro atoms. The first-order chi connectivity index (χ1) is 11.1. The van der Waals surface area contributed by atoms with E-state index in [1.165, 1.54) is 12.1 Å². The number of carbonyl (C=O) groups is 1. The second-order valence-corrected chi connectivity index (χ2v) is 5.31. The summed E-state index contributed by atoms with van der Waals surface area (Å²) in [6.45, 7) is 4.74. The quantitative estimate of drug-likeness (QED) is 0.794. The highest BCUT2D eigenvalue weighted by Crippen LogP contribution is 2.15. The van der Waals surface area contributed by atoms with Gasteiger partial charge in [0.25, 0.3) is 5.91 Å². The van der Waals surface area contributed by atoms with Gasteiger partial charge in [0, 0.05) is 23.9 Å². The van der Waals surface area contributed by atoms with Crippen LogP contribution in [0.25, 0.3) is 0 Å². The minimum atomic E-state index is -0.425. The Morgan fingerprint density at radius 1 is 1.35 bits per heavy atom. The van der Waals surface area contributed by atoms with Crippen molar-refractivity contribution in [2.24, 2.45) is 0 Å². The van der Waals surface area contributed by atoms with E-state index < -0.39 is 5.82 Å². The number of halogens is 1. The summed E-state index contributed by atoms with van der Waals surface area (Å²) in [6.07, 6.45) is 3.64. The summed E-state index contributed by atoms with van der Waals surface area (Å²) in [5.41, 5.74) is 1.86. The molecule has 122 valence electrons. The Hall–Kier alpha value is -2.43. The Kier molecular flexibility index (Phi) is 6.09. The van der Waals surface area contributed by atoms with Crippen LogP contribution in [0, 0.1) is 12.7 Å². The summed E-state index contributed by atoms with van der Waals surface area (Å²) in [6, 6.07) is 7.82. The maximum atomic E-state index is 13.3. The van der Waals surface area contributed by atoms with Crippen LogP contribution in [-0.2, 0) is 6.54 Å². The number of unbranched alkanes of at least 4 members (excludes halogenated alkanes) is 1. The van der Waals surface area contributed by atoms with Crippen LogP contribution in [0.4, 0.5) is 4.39 Å². The van der Waals surface area contributed by atoms with Crippen LogP contribution >= 0.6 is 0 Å². The number of hydrogen-bond acceptors (Lipinski definition) is 3. The van der Waals surface area contributed by atoms with Crippen molar-refractivity contribution in [3.05, 3.63) is 59.0 Å². The Balaban J connectivity index is 2.03. The molecule has 4 nitrogen and oxygen atoms in total. The SMILES string of the molecule is CCCCOc1ncccc1CNC(=O)c1cc(F)ccc1C. The van der Waals surface area contributed by atoms with Crippen molar-refractivity contribution in [2.75, 3.05) is 6.61 Å². The highest BCUT2D eigenvalue weighted by atomic mass is 19.1. The first kappa shape index (κ1) is 16.9. The third kappa shape index (κ3) is 4.77. The molecule has 0 bridgehead atoms. The van der Waals surface area contributed by atoms with Gasteiger partial charge >= 0.3 is 0 Å². The van der Waals surface area contributed by atoms with Crippen molar-refractivity contribution < 1.29 is 13.9 Å².